The van der Waals surface area contributed by atoms with Gasteiger partial charge in [0.2, 0.25) is 6.41 Å². The van der Waals surface area contributed by atoms with Crippen LogP contribution in [-0.2, 0) is 18.8 Å². The summed E-state index contributed by atoms with van der Waals surface area (Å²) in [6, 6.07) is 5.77. The molecule has 164 valence electrons. The first-order valence-corrected chi connectivity index (χ1v) is 9.95. The van der Waals surface area contributed by atoms with Crippen molar-refractivity contribution in [3.63, 3.8) is 0 Å². The Kier molecular flexibility index (Phi) is 6.99. The number of amides is 2. The normalized spacial score (nSPS) is 18.1. The Bertz CT molecular complexity index is 814. The number of nitrogens with zero attached hydrogens (tertiary/aromatic N) is 1. The minimum absolute atomic E-state index is 0.0728. The van der Waals surface area contributed by atoms with E-state index in [0.717, 1.165) is 16.6 Å². The van der Waals surface area contributed by atoms with E-state index in [-0.39, 0.29) is 6.54 Å². The summed E-state index contributed by atoms with van der Waals surface area (Å²) in [6.45, 7) is 15.3. The van der Waals surface area contributed by atoms with Crippen molar-refractivity contribution in [1.29, 1.82) is 0 Å². The van der Waals surface area contributed by atoms with Gasteiger partial charge in [-0.15, -0.1) is 0 Å². The Morgan fingerprint density at radius 3 is 2.33 bits per heavy atom. The second-order valence-corrected chi connectivity index (χ2v) is 9.32. The van der Waals surface area contributed by atoms with Crippen LogP contribution in [0.3, 0.4) is 0 Å². The predicted octanol–water partition coefficient (Wildman–Crippen LogP) is 2.27. The van der Waals surface area contributed by atoms with Crippen LogP contribution in [0.1, 0.15) is 59.6 Å². The molecule has 2 rings (SSSR count). The van der Waals surface area contributed by atoms with Gasteiger partial charge >= 0.3 is 13.2 Å². The Morgan fingerprint density at radius 2 is 1.80 bits per heavy atom. The first-order valence-electron chi connectivity index (χ1n) is 9.95. The summed E-state index contributed by atoms with van der Waals surface area (Å²) in [5.41, 5.74) is 3.76. The molecule has 8 nitrogen and oxygen atoms in total. The van der Waals surface area contributed by atoms with E-state index >= 15 is 0 Å². The number of alkyl carbamates (subject to hydrolysis) is 1. The van der Waals surface area contributed by atoms with Crippen molar-refractivity contribution < 1.29 is 23.6 Å². The highest BCUT2D eigenvalue weighted by atomic mass is 16.7. The number of hydrazone groups is 1. The quantitative estimate of drug-likeness (QED) is 0.320. The number of aryl methyl sites for hydroxylation is 1. The lowest BCUT2D eigenvalue weighted by molar-refractivity contribution is -0.109. The molecule has 0 aromatic heterocycles. The predicted molar refractivity (Wildman–Crippen MR) is 117 cm³/mol. The highest BCUT2D eigenvalue weighted by Gasteiger charge is 2.51. The molecule has 1 aliphatic heterocycles. The lowest BCUT2D eigenvalue weighted by Gasteiger charge is -2.32. The molecule has 2 N–H and O–H groups in total. The maximum absolute atomic E-state index is 12.1. The van der Waals surface area contributed by atoms with Crippen LogP contribution >= 0.6 is 0 Å². The zero-order chi connectivity index (χ0) is 22.7. The number of nitrogens with one attached hydrogen (secondary N) is 2. The van der Waals surface area contributed by atoms with Gasteiger partial charge < -0.3 is 19.4 Å². The average molecular weight is 417 g/mol. The van der Waals surface area contributed by atoms with E-state index in [1.807, 2.05) is 52.8 Å². The molecular formula is C21H32BN3O5. The van der Waals surface area contributed by atoms with Gasteiger partial charge in [0.15, 0.2) is 0 Å². The zero-order valence-corrected chi connectivity index (χ0v) is 19.1. The maximum atomic E-state index is 12.1. The Morgan fingerprint density at radius 1 is 1.20 bits per heavy atom. The van der Waals surface area contributed by atoms with Crippen LogP contribution in [0.5, 0.6) is 0 Å². The zero-order valence-electron chi connectivity index (χ0n) is 19.1. The summed E-state index contributed by atoms with van der Waals surface area (Å²) in [4.78, 5) is 22.9. The van der Waals surface area contributed by atoms with Gasteiger partial charge in [-0.25, -0.2) is 10.2 Å². The van der Waals surface area contributed by atoms with E-state index in [1.54, 1.807) is 20.8 Å². The number of hydrogen-bond acceptors (Lipinski definition) is 6. The molecule has 2 amide bonds. The van der Waals surface area contributed by atoms with Crippen LogP contribution < -0.4 is 16.2 Å². The summed E-state index contributed by atoms with van der Waals surface area (Å²) in [5, 5.41) is 6.79. The molecule has 30 heavy (non-hydrogen) atoms. The fourth-order valence-electron chi connectivity index (χ4n) is 2.85. The van der Waals surface area contributed by atoms with Crippen molar-refractivity contribution in [3.8, 4) is 0 Å². The molecule has 1 aliphatic rings. The minimum atomic E-state index is -0.616. The molecule has 1 saturated heterocycles. The molecule has 1 aromatic rings. The Balaban J connectivity index is 2.28. The molecule has 0 saturated carbocycles. The molecule has 1 aromatic carbocycles. The third-order valence-electron chi connectivity index (χ3n) is 5.15. The number of rotatable bonds is 6. The third kappa shape index (κ3) is 5.83. The molecule has 0 radical (unpaired) electrons. The SMILES string of the molecule is Cc1ccc(B2OC(C)(C)C(C)(C)O2)cc1/C(CNC(=O)OC(C)(C)C)=N\NC=O. The van der Waals surface area contributed by atoms with Crippen molar-refractivity contribution in [3.05, 3.63) is 29.3 Å². The van der Waals surface area contributed by atoms with Crippen molar-refractivity contribution in [1.82, 2.24) is 10.7 Å². The van der Waals surface area contributed by atoms with Gasteiger partial charge in [-0.1, -0.05) is 18.2 Å². The smallest absolute Gasteiger partial charge is 0.444 e. The number of ether oxygens (including phenoxy) is 1. The van der Waals surface area contributed by atoms with Crippen LogP contribution in [0.25, 0.3) is 0 Å². The van der Waals surface area contributed by atoms with Gasteiger partial charge in [0, 0.05) is 5.56 Å². The highest BCUT2D eigenvalue weighted by molar-refractivity contribution is 6.62. The van der Waals surface area contributed by atoms with Gasteiger partial charge in [-0.3, -0.25) is 4.79 Å². The van der Waals surface area contributed by atoms with E-state index in [1.165, 1.54) is 0 Å². The standard InChI is InChI=1S/C21H32BN3O5/c1-14-9-10-15(22-29-20(5,6)21(7,8)30-22)11-16(14)17(25-24-13-26)12-23-18(27)28-19(2,3)4/h9-11,13H,12H2,1-8H3,(H,23,27)(H,24,26)/b25-17-. The molecule has 0 unspecified atom stereocenters. The number of hydrogen-bond donors (Lipinski definition) is 2. The summed E-state index contributed by atoms with van der Waals surface area (Å²) in [6.07, 6.45) is -0.0953. The van der Waals surface area contributed by atoms with E-state index in [2.05, 4.69) is 15.8 Å². The largest absolute Gasteiger partial charge is 0.494 e. The van der Waals surface area contributed by atoms with Crippen LogP contribution in [0.2, 0.25) is 0 Å². The van der Waals surface area contributed by atoms with Gasteiger partial charge in [0.25, 0.3) is 0 Å². The molecule has 0 bridgehead atoms. The molecule has 0 atom stereocenters. The summed E-state index contributed by atoms with van der Waals surface area (Å²) in [7, 11) is -0.534. The maximum Gasteiger partial charge on any atom is 0.494 e. The van der Waals surface area contributed by atoms with Crippen molar-refractivity contribution in [2.75, 3.05) is 6.54 Å². The number of benzene rings is 1. The minimum Gasteiger partial charge on any atom is -0.444 e. The van der Waals surface area contributed by atoms with Crippen molar-refractivity contribution >= 4 is 30.8 Å². The first kappa shape index (κ1) is 23.9. The lowest BCUT2D eigenvalue weighted by atomic mass is 9.77. The van der Waals surface area contributed by atoms with Crippen LogP contribution in [0, 0.1) is 6.92 Å². The van der Waals surface area contributed by atoms with E-state index in [4.69, 9.17) is 14.0 Å². The molecule has 1 fully saturated rings. The van der Waals surface area contributed by atoms with Crippen LogP contribution in [0.15, 0.2) is 23.3 Å². The summed E-state index contributed by atoms with van der Waals surface area (Å²) >= 11 is 0. The fourth-order valence-corrected chi connectivity index (χ4v) is 2.85. The van der Waals surface area contributed by atoms with Gasteiger partial charge in [-0.2, -0.15) is 5.10 Å². The van der Waals surface area contributed by atoms with Crippen molar-refractivity contribution in [2.24, 2.45) is 5.10 Å². The highest BCUT2D eigenvalue weighted by Crippen LogP contribution is 2.36. The van der Waals surface area contributed by atoms with Gasteiger partial charge in [0.05, 0.1) is 23.5 Å². The van der Waals surface area contributed by atoms with E-state index in [9.17, 15) is 9.59 Å². The second kappa shape index (κ2) is 8.77. The fraction of sp³-hybridized carbons (Fsp3) is 0.571. The third-order valence-corrected chi connectivity index (χ3v) is 5.15. The van der Waals surface area contributed by atoms with Crippen molar-refractivity contribution in [2.45, 2.75) is 72.2 Å². The van der Waals surface area contributed by atoms with Gasteiger partial charge in [-0.05, 0) is 66.4 Å². The summed E-state index contributed by atoms with van der Waals surface area (Å²) in [5.74, 6) is 0. The number of carbonyl (C=O) groups excluding carboxylic acids is 2. The van der Waals surface area contributed by atoms with Crippen LogP contribution in [-0.4, -0.2) is 48.7 Å². The molecule has 1 heterocycles. The van der Waals surface area contributed by atoms with Gasteiger partial charge in [0.1, 0.15) is 5.60 Å². The topological polar surface area (TPSA) is 98.2 Å². The molecule has 9 heteroatoms. The molecule has 0 aliphatic carbocycles. The lowest BCUT2D eigenvalue weighted by Crippen LogP contribution is -2.41. The second-order valence-electron chi connectivity index (χ2n) is 9.32. The average Bonchev–Trinajstić information content (AvgIpc) is 2.82. The monoisotopic (exact) mass is 417 g/mol. The Hall–Kier alpha value is -2.39. The number of carbonyl (C=O) groups is 2. The van der Waals surface area contributed by atoms with Crippen LogP contribution in [0.4, 0.5) is 4.79 Å². The Labute approximate surface area is 178 Å². The molecular weight excluding hydrogens is 385 g/mol. The molecule has 0 spiro atoms. The van der Waals surface area contributed by atoms with E-state index < -0.39 is 30.0 Å². The van der Waals surface area contributed by atoms with E-state index in [0.29, 0.717) is 12.1 Å². The first-order chi connectivity index (χ1) is 13.8. The summed E-state index contributed by atoms with van der Waals surface area (Å²) < 4.78 is 17.5.